The molecule has 0 aliphatic carbocycles. The van der Waals surface area contributed by atoms with Crippen molar-refractivity contribution in [1.29, 1.82) is 0 Å². The molecule has 4 heteroatoms. The third-order valence-electron chi connectivity index (χ3n) is 1.68. The topological polar surface area (TPSA) is 28.7 Å². The number of rotatable bonds is 1. The van der Waals surface area contributed by atoms with Crippen molar-refractivity contribution in [2.45, 2.75) is 0 Å². The largest absolute Gasteiger partial charge is 0.333 e. The highest BCUT2D eigenvalue weighted by atomic mass is 79.9. The van der Waals surface area contributed by atoms with Crippen molar-refractivity contribution >= 4 is 15.9 Å². The van der Waals surface area contributed by atoms with E-state index in [1.54, 1.807) is 12.3 Å². The summed E-state index contributed by atoms with van der Waals surface area (Å²) < 4.78 is 13.5. The molecule has 0 unspecified atom stereocenters. The normalized spacial score (nSPS) is 10.3. The van der Waals surface area contributed by atoms with Crippen molar-refractivity contribution in [2.75, 3.05) is 0 Å². The Balaban J connectivity index is 2.46. The maximum atomic E-state index is 12.8. The highest BCUT2D eigenvalue weighted by Crippen LogP contribution is 2.19. The summed E-state index contributed by atoms with van der Waals surface area (Å²) in [7, 11) is 0. The molecule has 1 aromatic carbocycles. The second kappa shape index (κ2) is 3.30. The van der Waals surface area contributed by atoms with Crippen LogP contribution in [0.15, 0.2) is 35.2 Å². The Morgan fingerprint density at radius 1 is 1.38 bits per heavy atom. The van der Waals surface area contributed by atoms with Gasteiger partial charge in [0.1, 0.15) is 5.82 Å². The Bertz CT molecular complexity index is 425. The van der Waals surface area contributed by atoms with E-state index in [9.17, 15) is 4.39 Å². The zero-order chi connectivity index (χ0) is 9.26. The van der Waals surface area contributed by atoms with Gasteiger partial charge < -0.3 is 4.98 Å². The molecule has 0 radical (unpaired) electrons. The Kier molecular flexibility index (Phi) is 2.14. The molecule has 2 nitrogen and oxygen atoms in total. The molecule has 0 saturated carbocycles. The average molecular weight is 241 g/mol. The summed E-state index contributed by atoms with van der Waals surface area (Å²) in [6.45, 7) is 0. The highest BCUT2D eigenvalue weighted by Gasteiger charge is 2.01. The SMILES string of the molecule is Fc1cccc(-c2cnc(Br)[nH]2)c1. The van der Waals surface area contributed by atoms with E-state index in [1.807, 2.05) is 6.07 Å². The van der Waals surface area contributed by atoms with Gasteiger partial charge in [0, 0.05) is 5.56 Å². The number of aromatic nitrogens is 2. The number of nitrogens with one attached hydrogen (secondary N) is 1. The first-order valence-corrected chi connectivity index (χ1v) is 4.51. The first kappa shape index (κ1) is 8.44. The molecule has 13 heavy (non-hydrogen) atoms. The van der Waals surface area contributed by atoms with Gasteiger partial charge in [-0.05, 0) is 28.1 Å². The van der Waals surface area contributed by atoms with Gasteiger partial charge in [-0.2, -0.15) is 0 Å². The summed E-state index contributed by atoms with van der Waals surface area (Å²) in [6, 6.07) is 6.36. The number of nitrogens with zero attached hydrogens (tertiary/aromatic N) is 1. The maximum Gasteiger partial charge on any atom is 0.174 e. The van der Waals surface area contributed by atoms with Crippen LogP contribution in [0, 0.1) is 5.82 Å². The number of hydrogen-bond acceptors (Lipinski definition) is 1. The lowest BCUT2D eigenvalue weighted by Gasteiger charge is -1.95. The van der Waals surface area contributed by atoms with E-state index in [-0.39, 0.29) is 5.82 Å². The van der Waals surface area contributed by atoms with E-state index < -0.39 is 0 Å². The van der Waals surface area contributed by atoms with E-state index >= 15 is 0 Å². The summed E-state index contributed by atoms with van der Waals surface area (Å²) in [4.78, 5) is 6.92. The standard InChI is InChI=1S/C9H6BrFN2/c10-9-12-5-8(13-9)6-2-1-3-7(11)4-6/h1-5H,(H,12,13). The van der Waals surface area contributed by atoms with Crippen molar-refractivity contribution in [3.8, 4) is 11.3 Å². The molecule has 0 amide bonds. The van der Waals surface area contributed by atoms with Crippen LogP contribution in [0.25, 0.3) is 11.3 Å². The number of benzene rings is 1. The lowest BCUT2D eigenvalue weighted by Crippen LogP contribution is -1.78. The molecule has 0 saturated heterocycles. The maximum absolute atomic E-state index is 12.8. The van der Waals surface area contributed by atoms with Gasteiger partial charge in [-0.3, -0.25) is 0 Å². The van der Waals surface area contributed by atoms with Crippen LogP contribution in [0.1, 0.15) is 0 Å². The lowest BCUT2D eigenvalue weighted by atomic mass is 10.2. The van der Waals surface area contributed by atoms with Gasteiger partial charge in [0.25, 0.3) is 0 Å². The van der Waals surface area contributed by atoms with Crippen LogP contribution in [0.4, 0.5) is 4.39 Å². The van der Waals surface area contributed by atoms with Crippen LogP contribution in [0.3, 0.4) is 0 Å². The van der Waals surface area contributed by atoms with Gasteiger partial charge in [0.2, 0.25) is 0 Å². The predicted molar refractivity (Wildman–Crippen MR) is 51.7 cm³/mol. The fourth-order valence-electron chi connectivity index (χ4n) is 1.10. The quantitative estimate of drug-likeness (QED) is 0.816. The zero-order valence-corrected chi connectivity index (χ0v) is 8.18. The Hall–Kier alpha value is -1.16. The Labute approximate surface area is 83.0 Å². The first-order valence-electron chi connectivity index (χ1n) is 3.72. The smallest absolute Gasteiger partial charge is 0.174 e. The summed E-state index contributed by atoms with van der Waals surface area (Å²) >= 11 is 3.19. The fourth-order valence-corrected chi connectivity index (χ4v) is 1.42. The van der Waals surface area contributed by atoms with Crippen LogP contribution in [-0.2, 0) is 0 Å². The minimum absolute atomic E-state index is 0.247. The van der Waals surface area contributed by atoms with E-state index in [0.717, 1.165) is 11.3 Å². The summed E-state index contributed by atoms with van der Waals surface area (Å²) in [6.07, 6.45) is 1.65. The van der Waals surface area contributed by atoms with Crippen LogP contribution in [-0.4, -0.2) is 9.97 Å². The fraction of sp³-hybridized carbons (Fsp3) is 0. The number of hydrogen-bond donors (Lipinski definition) is 1. The Morgan fingerprint density at radius 2 is 2.23 bits per heavy atom. The molecule has 0 spiro atoms. The molecular weight excluding hydrogens is 235 g/mol. The van der Waals surface area contributed by atoms with Gasteiger partial charge >= 0.3 is 0 Å². The lowest BCUT2D eigenvalue weighted by molar-refractivity contribution is 0.628. The number of H-pyrrole nitrogens is 1. The van der Waals surface area contributed by atoms with E-state index in [1.165, 1.54) is 12.1 Å². The average Bonchev–Trinajstić information content (AvgIpc) is 2.52. The molecule has 0 fully saturated rings. The van der Waals surface area contributed by atoms with Gasteiger partial charge in [-0.15, -0.1) is 0 Å². The zero-order valence-electron chi connectivity index (χ0n) is 6.59. The minimum Gasteiger partial charge on any atom is -0.333 e. The van der Waals surface area contributed by atoms with E-state index in [4.69, 9.17) is 0 Å². The second-order valence-corrected chi connectivity index (χ2v) is 3.35. The van der Waals surface area contributed by atoms with Gasteiger partial charge in [-0.25, -0.2) is 9.37 Å². The summed E-state index contributed by atoms with van der Waals surface area (Å²) in [5.74, 6) is -0.247. The Morgan fingerprint density at radius 3 is 2.85 bits per heavy atom. The van der Waals surface area contributed by atoms with Crippen LogP contribution in [0.2, 0.25) is 0 Å². The molecule has 0 aliphatic rings. The van der Waals surface area contributed by atoms with Crippen LogP contribution in [0.5, 0.6) is 0 Å². The number of imidazole rings is 1. The molecule has 0 aliphatic heterocycles. The molecule has 66 valence electrons. The third-order valence-corrected chi connectivity index (χ3v) is 2.08. The highest BCUT2D eigenvalue weighted by molar-refractivity contribution is 9.10. The number of halogens is 2. The monoisotopic (exact) mass is 240 g/mol. The second-order valence-electron chi connectivity index (χ2n) is 2.60. The van der Waals surface area contributed by atoms with Gasteiger partial charge in [0.05, 0.1) is 11.9 Å². The van der Waals surface area contributed by atoms with Crippen LogP contribution < -0.4 is 0 Å². The van der Waals surface area contributed by atoms with Crippen molar-refractivity contribution < 1.29 is 4.39 Å². The summed E-state index contributed by atoms with van der Waals surface area (Å²) in [5.41, 5.74) is 1.59. The van der Waals surface area contributed by atoms with Crippen LogP contribution >= 0.6 is 15.9 Å². The van der Waals surface area contributed by atoms with Gasteiger partial charge in [0.15, 0.2) is 4.73 Å². The molecule has 1 heterocycles. The van der Waals surface area contributed by atoms with Gasteiger partial charge in [-0.1, -0.05) is 12.1 Å². The van der Waals surface area contributed by atoms with Crippen molar-refractivity contribution in [3.63, 3.8) is 0 Å². The van der Waals surface area contributed by atoms with Crippen molar-refractivity contribution in [1.82, 2.24) is 9.97 Å². The predicted octanol–water partition coefficient (Wildman–Crippen LogP) is 2.98. The summed E-state index contributed by atoms with van der Waals surface area (Å²) in [5, 5.41) is 0. The molecular formula is C9H6BrFN2. The van der Waals surface area contributed by atoms with Crippen molar-refractivity contribution in [3.05, 3.63) is 41.0 Å². The third kappa shape index (κ3) is 1.78. The van der Waals surface area contributed by atoms with Crippen molar-refractivity contribution in [2.24, 2.45) is 0 Å². The molecule has 2 rings (SSSR count). The van der Waals surface area contributed by atoms with E-state index in [0.29, 0.717) is 4.73 Å². The first-order chi connectivity index (χ1) is 6.25. The molecule has 0 atom stereocenters. The van der Waals surface area contributed by atoms with E-state index in [2.05, 4.69) is 25.9 Å². The minimum atomic E-state index is -0.247. The molecule has 1 N–H and O–H groups in total. The molecule has 1 aromatic heterocycles. The number of aromatic amines is 1. The molecule has 2 aromatic rings. The molecule has 0 bridgehead atoms.